The minimum absolute atomic E-state index is 0.269. The number of amides is 1. The first-order chi connectivity index (χ1) is 7.99. The van der Waals surface area contributed by atoms with Gasteiger partial charge >= 0.3 is 5.97 Å². The molecule has 1 heterocycles. The van der Waals surface area contributed by atoms with Crippen molar-refractivity contribution in [2.24, 2.45) is 0 Å². The fraction of sp³-hybridized carbons (Fsp3) is 0.800. The molecule has 0 radical (unpaired) electrons. The van der Waals surface area contributed by atoms with Gasteiger partial charge in [0.25, 0.3) is 0 Å². The van der Waals surface area contributed by atoms with Gasteiger partial charge in [0.1, 0.15) is 6.10 Å². The average molecular weight is 247 g/mol. The summed E-state index contributed by atoms with van der Waals surface area (Å²) in [6.45, 7) is 1.33. The summed E-state index contributed by atoms with van der Waals surface area (Å²) in [6.07, 6.45) is -2.71. The smallest absolute Gasteiger partial charge is 0.337 e. The van der Waals surface area contributed by atoms with Crippen LogP contribution >= 0.6 is 0 Å². The molecule has 7 nitrogen and oxygen atoms in total. The molecule has 1 aliphatic heterocycles. The summed E-state index contributed by atoms with van der Waals surface area (Å²) < 4.78 is 14.7. The molecule has 0 bridgehead atoms. The lowest BCUT2D eigenvalue weighted by Crippen LogP contribution is -2.58. The molecule has 2 N–H and O–H groups in total. The second-order valence-electron chi connectivity index (χ2n) is 3.78. The van der Waals surface area contributed by atoms with Gasteiger partial charge in [-0.2, -0.15) is 0 Å². The van der Waals surface area contributed by atoms with Crippen LogP contribution in [0.1, 0.15) is 13.3 Å². The van der Waals surface area contributed by atoms with E-state index in [-0.39, 0.29) is 12.3 Å². The minimum Gasteiger partial charge on any atom is -0.467 e. The number of rotatable bonds is 3. The molecule has 0 saturated carbocycles. The number of methoxy groups -OCH3 is 2. The van der Waals surface area contributed by atoms with Gasteiger partial charge in [0.2, 0.25) is 5.91 Å². The molecular formula is C10H17NO6. The van der Waals surface area contributed by atoms with Crippen molar-refractivity contribution < 1.29 is 28.9 Å². The number of hydrogen-bond acceptors (Lipinski definition) is 6. The van der Waals surface area contributed by atoms with Gasteiger partial charge in [-0.25, -0.2) is 4.79 Å². The molecule has 1 rings (SSSR count). The first-order valence-electron chi connectivity index (χ1n) is 5.20. The number of nitrogens with one attached hydrogen (secondary N) is 1. The second kappa shape index (κ2) is 5.95. The van der Waals surface area contributed by atoms with Gasteiger partial charge < -0.3 is 24.6 Å². The van der Waals surface area contributed by atoms with Crippen LogP contribution < -0.4 is 5.32 Å². The van der Waals surface area contributed by atoms with Crippen LogP contribution in [-0.2, 0) is 23.8 Å². The van der Waals surface area contributed by atoms with Crippen LogP contribution in [-0.4, -0.2) is 55.7 Å². The van der Waals surface area contributed by atoms with Crippen LogP contribution in [0.2, 0.25) is 0 Å². The van der Waals surface area contributed by atoms with E-state index in [9.17, 15) is 14.7 Å². The van der Waals surface area contributed by atoms with Crippen LogP contribution in [0.3, 0.4) is 0 Å². The fourth-order valence-electron chi connectivity index (χ4n) is 1.73. The van der Waals surface area contributed by atoms with E-state index < -0.39 is 30.5 Å². The largest absolute Gasteiger partial charge is 0.467 e. The average Bonchev–Trinajstić information content (AvgIpc) is 2.30. The Bertz CT molecular complexity index is 295. The van der Waals surface area contributed by atoms with Gasteiger partial charge in [-0.3, -0.25) is 4.79 Å². The number of carbonyl (C=O) groups is 2. The number of ether oxygens (including phenoxy) is 3. The summed E-state index contributed by atoms with van der Waals surface area (Å²) in [7, 11) is 2.61. The molecule has 7 heteroatoms. The van der Waals surface area contributed by atoms with Crippen molar-refractivity contribution in [1.82, 2.24) is 5.32 Å². The first-order valence-corrected chi connectivity index (χ1v) is 5.20. The van der Waals surface area contributed by atoms with Crippen molar-refractivity contribution in [2.45, 2.75) is 37.9 Å². The van der Waals surface area contributed by atoms with Crippen molar-refractivity contribution in [2.75, 3.05) is 14.2 Å². The highest BCUT2D eigenvalue weighted by molar-refractivity contribution is 5.76. The zero-order valence-electron chi connectivity index (χ0n) is 10.0. The summed E-state index contributed by atoms with van der Waals surface area (Å²) in [4.78, 5) is 22.4. The Balaban J connectivity index is 2.77. The Morgan fingerprint density at radius 3 is 2.53 bits per heavy atom. The maximum absolute atomic E-state index is 11.4. The van der Waals surface area contributed by atoms with Gasteiger partial charge in [0, 0.05) is 20.5 Å². The van der Waals surface area contributed by atoms with Crippen LogP contribution in [0, 0.1) is 0 Å². The topological polar surface area (TPSA) is 94.1 Å². The van der Waals surface area contributed by atoms with Crippen molar-refractivity contribution in [3.63, 3.8) is 0 Å². The summed E-state index contributed by atoms with van der Waals surface area (Å²) >= 11 is 0. The highest BCUT2D eigenvalue weighted by atomic mass is 16.7. The van der Waals surface area contributed by atoms with Crippen molar-refractivity contribution in [3.8, 4) is 0 Å². The van der Waals surface area contributed by atoms with Crippen LogP contribution in [0.25, 0.3) is 0 Å². The Hall–Kier alpha value is -1.18. The molecule has 17 heavy (non-hydrogen) atoms. The monoisotopic (exact) mass is 247 g/mol. The van der Waals surface area contributed by atoms with E-state index in [1.807, 2.05) is 0 Å². The van der Waals surface area contributed by atoms with Gasteiger partial charge in [-0.05, 0) is 0 Å². The van der Waals surface area contributed by atoms with E-state index in [4.69, 9.17) is 9.47 Å². The Morgan fingerprint density at radius 1 is 1.41 bits per heavy atom. The molecule has 0 aliphatic carbocycles. The number of esters is 1. The lowest BCUT2D eigenvalue weighted by molar-refractivity contribution is -0.228. The molecule has 1 amide bonds. The molecule has 4 atom stereocenters. The van der Waals surface area contributed by atoms with Crippen LogP contribution in [0.15, 0.2) is 0 Å². The number of aliphatic hydroxyl groups excluding tert-OH is 1. The lowest BCUT2D eigenvalue weighted by Gasteiger charge is -2.37. The van der Waals surface area contributed by atoms with E-state index in [0.717, 1.165) is 0 Å². The third-order valence-electron chi connectivity index (χ3n) is 2.55. The molecule has 1 aliphatic rings. The first kappa shape index (κ1) is 13.9. The highest BCUT2D eigenvalue weighted by Crippen LogP contribution is 2.21. The Labute approximate surface area is 99.0 Å². The fourth-order valence-corrected chi connectivity index (χ4v) is 1.73. The molecule has 1 saturated heterocycles. The van der Waals surface area contributed by atoms with E-state index in [1.54, 1.807) is 0 Å². The molecular weight excluding hydrogens is 230 g/mol. The summed E-state index contributed by atoms with van der Waals surface area (Å²) in [5, 5.41) is 12.4. The molecule has 0 spiro atoms. The van der Waals surface area contributed by atoms with E-state index in [2.05, 4.69) is 10.1 Å². The third-order valence-corrected chi connectivity index (χ3v) is 2.55. The third kappa shape index (κ3) is 3.39. The Morgan fingerprint density at radius 2 is 2.06 bits per heavy atom. The zero-order valence-corrected chi connectivity index (χ0v) is 10.0. The zero-order chi connectivity index (χ0) is 13.0. The maximum atomic E-state index is 11.4. The van der Waals surface area contributed by atoms with Gasteiger partial charge in [-0.15, -0.1) is 0 Å². The summed E-state index contributed by atoms with van der Waals surface area (Å²) in [6, 6.07) is -0.602. The molecule has 0 aromatic heterocycles. The van der Waals surface area contributed by atoms with Crippen LogP contribution in [0.5, 0.6) is 0 Å². The summed E-state index contributed by atoms with van der Waals surface area (Å²) in [5.74, 6) is -0.996. The van der Waals surface area contributed by atoms with E-state index in [0.29, 0.717) is 0 Å². The second-order valence-corrected chi connectivity index (χ2v) is 3.78. The van der Waals surface area contributed by atoms with E-state index in [1.165, 1.54) is 21.1 Å². The van der Waals surface area contributed by atoms with Crippen molar-refractivity contribution in [1.29, 1.82) is 0 Å². The lowest BCUT2D eigenvalue weighted by atomic mass is 9.98. The van der Waals surface area contributed by atoms with Gasteiger partial charge in [0.05, 0.1) is 13.2 Å². The standard InChI is InChI=1S/C10H17NO6/c1-5(12)11-6-4-7(15-2)17-9(8(6)13)10(14)16-3/h6-9,13H,4H2,1-3H3,(H,11,12)/t6-,7+,8-,9+/m1/s1. The van der Waals surface area contributed by atoms with Crippen molar-refractivity contribution in [3.05, 3.63) is 0 Å². The highest BCUT2D eigenvalue weighted by Gasteiger charge is 2.42. The predicted octanol–water partition coefficient (Wildman–Crippen LogP) is -1.21. The number of aliphatic hydroxyl groups is 1. The van der Waals surface area contributed by atoms with E-state index >= 15 is 0 Å². The van der Waals surface area contributed by atoms with Gasteiger partial charge in [-0.1, -0.05) is 0 Å². The quantitative estimate of drug-likeness (QED) is 0.607. The summed E-state index contributed by atoms with van der Waals surface area (Å²) in [5.41, 5.74) is 0. The number of carbonyl (C=O) groups excluding carboxylic acids is 2. The predicted molar refractivity (Wildman–Crippen MR) is 55.9 cm³/mol. The van der Waals surface area contributed by atoms with Gasteiger partial charge in [0.15, 0.2) is 12.4 Å². The van der Waals surface area contributed by atoms with Crippen LogP contribution in [0.4, 0.5) is 0 Å². The SMILES string of the molecule is COC(=O)[C@H]1O[C@H](OC)C[C@@H](NC(C)=O)[C@H]1O. The number of hydrogen-bond donors (Lipinski definition) is 2. The molecule has 98 valence electrons. The Kier molecular flexibility index (Phi) is 4.86. The molecule has 0 unspecified atom stereocenters. The molecule has 0 aromatic rings. The van der Waals surface area contributed by atoms with Crippen molar-refractivity contribution >= 4 is 11.9 Å². The normalized spacial score (nSPS) is 32.9. The molecule has 0 aromatic carbocycles. The minimum atomic E-state index is -1.16. The molecule has 1 fully saturated rings. The maximum Gasteiger partial charge on any atom is 0.337 e.